The standard InChI is InChI=1S/C15H20O9S.2C8H15NO7S.C6H10O8S.C6H12O2.4CH4.4H2O/c16-12-11(24-25(19,20)21)9-23-14(15(17)18)13(12)22-8-4-7-10-5-2-1-3-6-10;2*1-5(10)9-7-4-15-6(2-8(7)11)3-16-17(12,13)14;7-3-1-4(6(8)9)13-2-5(3)14-15(10,11)12;7-5-2-1-3-6(8)4-5;;;;;;;;/h1-3,5-6,11-14,16H,4,7-9H2,(H,17,18)(H,19,20,21);2*6-8,11H,2-4H2,1H3,(H,9,10)(H,12,13,14);3-5,7H,1-2H2,(H,8,9)(H,10,11,12);5-8H,1-4H2;4*1H4;4*1H2/p-6/t11?,12-,13-,14?;2*6?,7?,8-;3-,4?,5?;5-,6?;;;;;;;;/m01110......../s1. The van der Waals surface area contributed by atoms with Crippen LogP contribution in [0.5, 0.6) is 0 Å². The van der Waals surface area contributed by atoms with Crippen molar-refractivity contribution in [1.29, 1.82) is 0 Å². The first-order chi connectivity index (χ1) is 37.9. The minimum absolute atomic E-state index is 0. The molecule has 4 heterocycles. The summed E-state index contributed by atoms with van der Waals surface area (Å²) in [7, 11) is -19.5. The smallest absolute Gasteiger partial charge is 0.218 e. The van der Waals surface area contributed by atoms with E-state index in [1.807, 2.05) is 30.3 Å². The number of aliphatic hydroxyl groups excluding tert-OH is 6. The first kappa shape index (κ1) is 99.5. The molecule has 1 aliphatic carbocycles. The van der Waals surface area contributed by atoms with E-state index in [0.29, 0.717) is 19.3 Å². The average molecular weight is 1400 g/mol. The van der Waals surface area contributed by atoms with Crippen LogP contribution in [-0.2, 0) is 108 Å². The van der Waals surface area contributed by atoms with Crippen molar-refractivity contribution in [1.82, 2.24) is 10.6 Å². The molecule has 0 bridgehead atoms. The lowest BCUT2D eigenvalue weighted by Crippen LogP contribution is -2.60. The Kier molecular flexibility index (Phi) is 52.9. The molecular weight excluding hydrogens is 1310 g/mol. The number of aliphatic carboxylic acids is 2. The minimum Gasteiger partial charge on any atom is -0.726 e. The highest BCUT2D eigenvalue weighted by Crippen LogP contribution is 2.24. The number of hydrogen-bond acceptors (Lipinski definition) is 33. The van der Waals surface area contributed by atoms with Crippen molar-refractivity contribution < 1.29 is 174 Å². The third kappa shape index (κ3) is 43.7. The van der Waals surface area contributed by atoms with Gasteiger partial charge >= 0.3 is 0 Å². The second-order valence-corrected chi connectivity index (χ2v) is 22.6. The van der Waals surface area contributed by atoms with E-state index >= 15 is 0 Å². The number of hydrogen-bond donors (Lipinski definition) is 8. The highest BCUT2D eigenvalue weighted by molar-refractivity contribution is 7.81. The number of carboxylic acids is 2. The Labute approximate surface area is 523 Å². The van der Waals surface area contributed by atoms with E-state index in [-0.39, 0.29) is 115 Å². The maximum absolute atomic E-state index is 11.1. The van der Waals surface area contributed by atoms with Gasteiger partial charge in [-0.1, -0.05) is 60.0 Å². The van der Waals surface area contributed by atoms with Crippen LogP contribution in [0.3, 0.4) is 0 Å². The summed E-state index contributed by atoms with van der Waals surface area (Å²) in [6.07, 6.45) is -9.62. The molecule has 1 saturated carbocycles. The van der Waals surface area contributed by atoms with E-state index in [9.17, 15) is 102 Å². The predicted molar refractivity (Wildman–Crippen MR) is 299 cm³/mol. The maximum Gasteiger partial charge on any atom is 0.218 e. The van der Waals surface area contributed by atoms with Crippen LogP contribution >= 0.6 is 0 Å². The van der Waals surface area contributed by atoms with Crippen molar-refractivity contribution in [3.63, 3.8) is 0 Å². The number of carbonyl (C=O) groups excluding carboxylic acids is 4. The number of carbonyl (C=O) groups is 4. The summed E-state index contributed by atoms with van der Waals surface area (Å²) in [6.45, 7) is 0.817. The molecule has 2 amide bonds. The van der Waals surface area contributed by atoms with Gasteiger partial charge in [-0.05, 0) is 44.1 Å². The van der Waals surface area contributed by atoms with Crippen LogP contribution in [0.4, 0.5) is 0 Å². The number of nitrogens with one attached hydrogen (secondary N) is 2. The van der Waals surface area contributed by atoms with Crippen molar-refractivity contribution >= 4 is 65.3 Å². The second-order valence-electron chi connectivity index (χ2n) is 18.5. The van der Waals surface area contributed by atoms with Gasteiger partial charge in [0, 0.05) is 39.7 Å². The van der Waals surface area contributed by atoms with Gasteiger partial charge in [0.05, 0.1) is 112 Å². The molecule has 5 fully saturated rings. The summed E-state index contributed by atoms with van der Waals surface area (Å²) in [5, 5.41) is 82.9. The Morgan fingerprint density at radius 2 is 0.978 bits per heavy atom. The first-order valence-corrected chi connectivity index (χ1v) is 29.9. The van der Waals surface area contributed by atoms with Crippen molar-refractivity contribution in [2.24, 2.45) is 0 Å². The van der Waals surface area contributed by atoms with Crippen LogP contribution in [0, 0.1) is 0 Å². The molecule has 4 aliphatic heterocycles. The molecule has 43 heteroatoms. The summed E-state index contributed by atoms with van der Waals surface area (Å²) in [6, 6.07) is 8.42. The SMILES string of the molecule is C.C.C.C.CC(=O)NC1COC(COS(=O)(=O)[O-])C[C@H]1O.CC(=O)NC1COC(COS(=O)(=O)[O-])C[C@H]1O.O.O.O.O.O=C([O-])C1C[C@@H](O)C(OS(=O)(=O)[O-])CO1.O=C([O-])C1OCC(OS(=O)(=O)[O-])[C@H](O)[C@@H]1OCCCc1ccccc1.OC1CCC[C@H](O)C1. The zero-order valence-electron chi connectivity index (χ0n) is 45.7. The van der Waals surface area contributed by atoms with E-state index in [1.165, 1.54) is 13.8 Å². The van der Waals surface area contributed by atoms with Crippen molar-refractivity contribution in [3.8, 4) is 0 Å². The quantitative estimate of drug-likeness (QED) is 0.0362. The van der Waals surface area contributed by atoms with Gasteiger partial charge in [0.1, 0.15) is 30.5 Å². The Balaban J connectivity index is -0.000000193. The third-order valence-electron chi connectivity index (χ3n) is 11.7. The Morgan fingerprint density at radius 3 is 1.32 bits per heavy atom. The molecule has 9 unspecified atom stereocenters. The number of carboxylic acid groups (broad SMARTS) is 2. The lowest BCUT2D eigenvalue weighted by atomic mass is 9.95. The highest BCUT2D eigenvalue weighted by Gasteiger charge is 2.43. The van der Waals surface area contributed by atoms with Crippen LogP contribution in [0.15, 0.2) is 30.3 Å². The molecule has 4 saturated heterocycles. The van der Waals surface area contributed by atoms with Gasteiger partial charge in [0.25, 0.3) is 0 Å². The first-order valence-electron chi connectivity index (χ1n) is 24.6. The Morgan fingerprint density at radius 1 is 0.556 bits per heavy atom. The lowest BCUT2D eigenvalue weighted by molar-refractivity contribution is -0.329. The van der Waals surface area contributed by atoms with E-state index < -0.39 is 159 Å². The fourth-order valence-corrected chi connectivity index (χ4v) is 9.50. The molecule has 540 valence electrons. The summed E-state index contributed by atoms with van der Waals surface area (Å²) in [5.41, 5.74) is 1.06. The number of benzene rings is 1. The average Bonchev–Trinajstić information content (AvgIpc) is 0.993. The Hall–Kier alpha value is -4.02. The van der Waals surface area contributed by atoms with Crippen LogP contribution in [0.25, 0.3) is 0 Å². The molecule has 16 N–H and O–H groups in total. The molecule has 90 heavy (non-hydrogen) atoms. The van der Waals surface area contributed by atoms with E-state index in [0.717, 1.165) is 24.8 Å². The molecule has 0 aromatic heterocycles. The molecule has 15 atom stereocenters. The fraction of sp³-hybridized carbons (Fsp3) is 0.787. The number of amides is 2. The fourth-order valence-electron chi connectivity index (χ4n) is 7.91. The Bertz CT molecular complexity index is 2500. The van der Waals surface area contributed by atoms with E-state index in [4.69, 9.17) is 29.2 Å². The minimum atomic E-state index is -5.09. The van der Waals surface area contributed by atoms with Gasteiger partial charge in [-0.15, -0.1) is 0 Å². The second kappa shape index (κ2) is 47.8. The molecule has 1 aromatic carbocycles. The highest BCUT2D eigenvalue weighted by atomic mass is 32.3. The monoisotopic (exact) mass is 1400 g/mol. The molecule has 0 radical (unpaired) electrons. The van der Waals surface area contributed by atoms with Crippen LogP contribution < -0.4 is 20.8 Å². The van der Waals surface area contributed by atoms with Crippen LogP contribution in [0.2, 0.25) is 0 Å². The zero-order chi connectivity index (χ0) is 62.2. The zero-order valence-corrected chi connectivity index (χ0v) is 49.0. The van der Waals surface area contributed by atoms with Gasteiger partial charge in [-0.2, -0.15) is 0 Å². The van der Waals surface area contributed by atoms with Crippen molar-refractivity contribution in [2.45, 2.75) is 193 Å². The molecular formula is C47H90N2O37S4-6. The van der Waals surface area contributed by atoms with Gasteiger partial charge in [-0.3, -0.25) is 26.3 Å². The summed E-state index contributed by atoms with van der Waals surface area (Å²) in [5.74, 6) is -3.73. The van der Waals surface area contributed by atoms with Crippen molar-refractivity contribution in [2.75, 3.05) is 46.2 Å². The molecule has 6 rings (SSSR count). The number of rotatable bonds is 19. The third-order valence-corrected chi connectivity index (χ3v) is 13.5. The lowest BCUT2D eigenvalue weighted by Gasteiger charge is -2.40. The molecule has 39 nitrogen and oxygen atoms in total. The summed E-state index contributed by atoms with van der Waals surface area (Å²) >= 11 is 0. The van der Waals surface area contributed by atoms with Gasteiger partial charge < -0.3 is 125 Å². The van der Waals surface area contributed by atoms with Crippen LogP contribution in [-0.4, -0.2) is 266 Å². The largest absolute Gasteiger partial charge is 0.726 e. The van der Waals surface area contributed by atoms with Gasteiger partial charge in [-0.25, -0.2) is 33.7 Å². The summed E-state index contributed by atoms with van der Waals surface area (Å²) < 4.78 is 165. The topological polar surface area (TPSA) is 698 Å². The van der Waals surface area contributed by atoms with Gasteiger partial charge in [0.15, 0.2) is 0 Å². The molecule has 5 aliphatic rings. The number of ether oxygens (including phenoxy) is 5. The van der Waals surface area contributed by atoms with Gasteiger partial charge in [0.2, 0.25) is 53.4 Å². The van der Waals surface area contributed by atoms with E-state index in [1.54, 1.807) is 0 Å². The van der Waals surface area contributed by atoms with E-state index in [2.05, 4.69) is 32.1 Å². The molecule has 1 aromatic rings. The summed E-state index contributed by atoms with van der Waals surface area (Å²) in [4.78, 5) is 43.0. The normalized spacial score (nSPS) is 27.8. The number of aliphatic hydroxyl groups is 6. The number of aryl methyl sites for hydroxylation is 1. The maximum atomic E-state index is 11.1. The predicted octanol–water partition coefficient (Wildman–Crippen LogP) is -9.15. The molecule has 0 spiro atoms. The van der Waals surface area contributed by atoms with Crippen LogP contribution in [0.1, 0.15) is 100 Å². The van der Waals surface area contributed by atoms with Crippen molar-refractivity contribution in [3.05, 3.63) is 35.9 Å².